The number of amides is 1. The molecule has 3 unspecified atom stereocenters. The number of benzene rings is 1. The predicted octanol–water partition coefficient (Wildman–Crippen LogP) is 6.39. The van der Waals surface area contributed by atoms with Gasteiger partial charge in [0.05, 0.1) is 21.3 Å². The zero-order chi connectivity index (χ0) is 22.2. The fourth-order valence-corrected chi connectivity index (χ4v) is 5.74. The van der Waals surface area contributed by atoms with Gasteiger partial charge in [-0.2, -0.15) is 0 Å². The van der Waals surface area contributed by atoms with Gasteiger partial charge in [-0.3, -0.25) is 4.98 Å². The first-order valence-electron chi connectivity index (χ1n) is 10.5. The van der Waals surface area contributed by atoms with E-state index in [1.54, 1.807) is 17.5 Å². The number of fused-ring (bicyclic) bond motifs is 1. The summed E-state index contributed by atoms with van der Waals surface area (Å²) < 4.78 is 12.5. The van der Waals surface area contributed by atoms with Crippen LogP contribution in [0.3, 0.4) is 0 Å². The second-order valence-electron chi connectivity index (χ2n) is 9.04. The van der Waals surface area contributed by atoms with Gasteiger partial charge in [0.25, 0.3) is 0 Å². The smallest absolute Gasteiger partial charge is 0.404 e. The third-order valence-corrected chi connectivity index (χ3v) is 7.40. The Bertz CT molecular complexity index is 1070. The first kappa shape index (κ1) is 22.1. The molecule has 0 aliphatic carbocycles. The number of halogens is 1. The maximum Gasteiger partial charge on any atom is 0.404 e. The fraction of sp³-hybridized carbons (Fsp3) is 0.417. The second-order valence-corrected chi connectivity index (χ2v) is 10.5. The van der Waals surface area contributed by atoms with E-state index < -0.39 is 12.2 Å². The van der Waals surface area contributed by atoms with Gasteiger partial charge in [0.15, 0.2) is 0 Å². The zero-order valence-electron chi connectivity index (χ0n) is 17.9. The van der Waals surface area contributed by atoms with E-state index in [0.29, 0.717) is 11.6 Å². The number of carbonyl (C=O) groups excluding carboxylic acids is 1. The Morgan fingerprint density at radius 2 is 2.03 bits per heavy atom. The van der Waals surface area contributed by atoms with Crippen molar-refractivity contribution in [3.63, 3.8) is 0 Å². The summed E-state index contributed by atoms with van der Waals surface area (Å²) in [5.41, 5.74) is 8.36. The molecular formula is C24H27ClN2O3S. The van der Waals surface area contributed by atoms with E-state index in [4.69, 9.17) is 26.8 Å². The third kappa shape index (κ3) is 4.71. The minimum Gasteiger partial charge on any atom is -0.443 e. The van der Waals surface area contributed by atoms with Crippen LogP contribution in [-0.4, -0.2) is 29.9 Å². The number of nitrogens with zero attached hydrogens (tertiary/aromatic N) is 1. The summed E-state index contributed by atoms with van der Waals surface area (Å²) in [7, 11) is 0. The quantitative estimate of drug-likeness (QED) is 0.480. The average Bonchev–Trinajstić information content (AvgIpc) is 3.37. The summed E-state index contributed by atoms with van der Waals surface area (Å²) in [5, 5.41) is 0.716. The first-order chi connectivity index (χ1) is 14.7. The molecule has 7 heteroatoms. The fourth-order valence-electron chi connectivity index (χ4n) is 4.44. The van der Waals surface area contributed by atoms with Crippen LogP contribution in [0, 0.1) is 5.41 Å². The Morgan fingerprint density at radius 1 is 1.29 bits per heavy atom. The summed E-state index contributed by atoms with van der Waals surface area (Å²) in [6, 6.07) is 12.3. The SMILES string of the molecule is CC(C)(C)C(c1ccc(-c2cc3nccc(Cl)c3s2)cc1)C(OC(N)=O)C1CCCO1. The highest BCUT2D eigenvalue weighted by Gasteiger charge is 2.42. The van der Waals surface area contributed by atoms with E-state index in [9.17, 15) is 4.79 Å². The summed E-state index contributed by atoms with van der Waals surface area (Å²) in [4.78, 5) is 17.2. The molecular weight excluding hydrogens is 432 g/mol. The predicted molar refractivity (Wildman–Crippen MR) is 126 cm³/mol. The molecule has 3 atom stereocenters. The van der Waals surface area contributed by atoms with E-state index in [1.165, 1.54) is 0 Å². The molecule has 2 N–H and O–H groups in total. The van der Waals surface area contributed by atoms with E-state index in [0.717, 1.165) is 39.1 Å². The lowest BCUT2D eigenvalue weighted by Gasteiger charge is -2.39. The van der Waals surface area contributed by atoms with Crippen molar-refractivity contribution in [3.8, 4) is 10.4 Å². The van der Waals surface area contributed by atoms with Crippen LogP contribution in [0.1, 0.15) is 45.1 Å². The number of carbonyl (C=O) groups is 1. The maximum absolute atomic E-state index is 11.7. The zero-order valence-corrected chi connectivity index (χ0v) is 19.5. The third-order valence-electron chi connectivity index (χ3n) is 5.76. The number of hydrogen-bond donors (Lipinski definition) is 1. The maximum atomic E-state index is 11.7. The highest BCUT2D eigenvalue weighted by Crippen LogP contribution is 2.43. The summed E-state index contributed by atoms with van der Waals surface area (Å²) >= 11 is 7.95. The van der Waals surface area contributed by atoms with Crippen molar-refractivity contribution in [2.45, 2.75) is 51.7 Å². The molecule has 3 heterocycles. The Morgan fingerprint density at radius 3 is 2.61 bits per heavy atom. The van der Waals surface area contributed by atoms with Crippen LogP contribution in [0.2, 0.25) is 5.02 Å². The van der Waals surface area contributed by atoms with Gasteiger partial charge in [-0.15, -0.1) is 11.3 Å². The molecule has 31 heavy (non-hydrogen) atoms. The second kappa shape index (κ2) is 8.77. The van der Waals surface area contributed by atoms with E-state index >= 15 is 0 Å². The van der Waals surface area contributed by atoms with Crippen LogP contribution < -0.4 is 5.73 Å². The van der Waals surface area contributed by atoms with Crippen molar-refractivity contribution < 1.29 is 14.3 Å². The number of rotatable bonds is 5. The Kier molecular flexibility index (Phi) is 6.24. The monoisotopic (exact) mass is 458 g/mol. The van der Waals surface area contributed by atoms with E-state index in [1.807, 2.05) is 6.07 Å². The number of pyridine rings is 1. The Labute approximate surface area is 191 Å². The van der Waals surface area contributed by atoms with Crippen molar-refractivity contribution >= 4 is 39.2 Å². The molecule has 0 spiro atoms. The molecule has 3 aromatic rings. The van der Waals surface area contributed by atoms with Crippen molar-refractivity contribution in [1.82, 2.24) is 4.98 Å². The number of hydrogen-bond acceptors (Lipinski definition) is 5. The van der Waals surface area contributed by atoms with Gasteiger partial charge >= 0.3 is 6.09 Å². The summed E-state index contributed by atoms with van der Waals surface area (Å²) in [5.74, 6) is -0.0596. The molecule has 0 saturated carbocycles. The molecule has 1 aliphatic rings. The molecule has 1 fully saturated rings. The highest BCUT2D eigenvalue weighted by atomic mass is 35.5. The van der Waals surface area contributed by atoms with E-state index in [-0.39, 0.29) is 17.4 Å². The minimum atomic E-state index is -0.763. The van der Waals surface area contributed by atoms with Crippen molar-refractivity contribution in [1.29, 1.82) is 0 Å². The lowest BCUT2D eigenvalue weighted by atomic mass is 9.71. The van der Waals surface area contributed by atoms with Crippen molar-refractivity contribution in [2.75, 3.05) is 6.61 Å². The number of aromatic nitrogens is 1. The van der Waals surface area contributed by atoms with Gasteiger partial charge in [-0.1, -0.05) is 56.6 Å². The van der Waals surface area contributed by atoms with Crippen LogP contribution in [0.25, 0.3) is 20.7 Å². The summed E-state index contributed by atoms with van der Waals surface area (Å²) in [6.07, 6.45) is 2.20. The first-order valence-corrected chi connectivity index (χ1v) is 11.7. The molecule has 1 aromatic carbocycles. The van der Waals surface area contributed by atoms with Gasteiger partial charge in [0, 0.05) is 23.6 Å². The Balaban J connectivity index is 1.69. The number of thiophene rings is 1. The lowest BCUT2D eigenvalue weighted by molar-refractivity contribution is -0.0412. The van der Waals surface area contributed by atoms with Crippen molar-refractivity contribution in [2.24, 2.45) is 11.1 Å². The van der Waals surface area contributed by atoms with Gasteiger partial charge in [-0.05, 0) is 41.5 Å². The largest absolute Gasteiger partial charge is 0.443 e. The lowest BCUT2D eigenvalue weighted by Crippen LogP contribution is -2.42. The topological polar surface area (TPSA) is 74.4 Å². The summed E-state index contributed by atoms with van der Waals surface area (Å²) in [6.45, 7) is 7.13. The molecule has 1 amide bonds. The molecule has 1 saturated heterocycles. The molecule has 4 rings (SSSR count). The number of ether oxygens (including phenoxy) is 2. The molecule has 5 nitrogen and oxygen atoms in total. The standard InChI is InChI=1S/C24H27ClN2O3S/c1-24(2,3)20(21(30-23(26)28)18-5-4-12-29-18)15-8-6-14(7-9-15)19-13-17-22(31-19)16(25)10-11-27-17/h6-11,13,18,20-21H,4-5,12H2,1-3H3,(H2,26,28). The van der Waals surface area contributed by atoms with Crippen LogP contribution >= 0.6 is 22.9 Å². The molecule has 0 radical (unpaired) electrons. The van der Waals surface area contributed by atoms with Gasteiger partial charge in [0.1, 0.15) is 6.10 Å². The van der Waals surface area contributed by atoms with Crippen LogP contribution in [0.15, 0.2) is 42.6 Å². The Hall–Kier alpha value is -2.15. The van der Waals surface area contributed by atoms with Gasteiger partial charge in [0.2, 0.25) is 0 Å². The number of primary amides is 1. The molecule has 164 valence electrons. The van der Waals surface area contributed by atoms with Gasteiger partial charge < -0.3 is 15.2 Å². The van der Waals surface area contributed by atoms with Crippen molar-refractivity contribution in [3.05, 3.63) is 53.2 Å². The molecule has 1 aliphatic heterocycles. The van der Waals surface area contributed by atoms with E-state index in [2.05, 4.69) is 56.1 Å². The minimum absolute atomic E-state index is 0.0596. The van der Waals surface area contributed by atoms with Crippen LogP contribution in [0.5, 0.6) is 0 Å². The van der Waals surface area contributed by atoms with Crippen LogP contribution in [0.4, 0.5) is 4.79 Å². The van der Waals surface area contributed by atoms with Gasteiger partial charge in [-0.25, -0.2) is 4.79 Å². The highest BCUT2D eigenvalue weighted by molar-refractivity contribution is 7.22. The normalized spacial score (nSPS) is 18.8. The van der Waals surface area contributed by atoms with Crippen LogP contribution in [-0.2, 0) is 9.47 Å². The number of nitrogens with two attached hydrogens (primary N) is 1. The molecule has 2 aromatic heterocycles. The average molecular weight is 459 g/mol. The molecule has 0 bridgehead atoms.